The van der Waals surface area contributed by atoms with Crippen LogP contribution in [0, 0.1) is 0 Å². The minimum atomic E-state index is -4.62. The maximum Gasteiger partial charge on any atom is 0.453 e. The smallest absolute Gasteiger partial charge is 0.453 e. The van der Waals surface area contributed by atoms with Crippen LogP contribution in [-0.2, 0) is 15.7 Å². The molecule has 0 N–H and O–H groups in total. The molecule has 1 aliphatic heterocycles. The minimum Gasteiger partial charge on any atom is -0.468 e. The van der Waals surface area contributed by atoms with Crippen molar-refractivity contribution in [3.05, 3.63) is 18.0 Å². The summed E-state index contributed by atoms with van der Waals surface area (Å²) >= 11 is 0. The first-order chi connectivity index (χ1) is 11.4. The molecule has 8 nitrogen and oxygen atoms in total. The molecule has 3 rings (SSSR count). The number of aromatic nitrogens is 4. The number of hydrogen-bond donors (Lipinski definition) is 0. The van der Waals surface area contributed by atoms with Crippen molar-refractivity contribution in [2.75, 3.05) is 44.7 Å². The lowest BCUT2D eigenvalue weighted by atomic mass is 10.3. The summed E-state index contributed by atoms with van der Waals surface area (Å²) in [6.07, 6.45) is -4.62. The number of hydrogen-bond acceptors (Lipinski definition) is 7. The van der Waals surface area contributed by atoms with Gasteiger partial charge in [-0.05, 0) is 12.1 Å². The van der Waals surface area contributed by atoms with Crippen LogP contribution in [0.25, 0.3) is 5.65 Å². The van der Waals surface area contributed by atoms with Gasteiger partial charge in [-0.15, -0.1) is 15.3 Å². The van der Waals surface area contributed by atoms with E-state index < -0.39 is 12.0 Å². The zero-order chi connectivity index (χ0) is 17.3. The Morgan fingerprint density at radius 1 is 1.21 bits per heavy atom. The largest absolute Gasteiger partial charge is 0.468 e. The molecule has 0 bridgehead atoms. The number of carbonyl (C=O) groups excluding carboxylic acids is 1. The van der Waals surface area contributed by atoms with Crippen molar-refractivity contribution in [2.45, 2.75) is 6.18 Å². The summed E-state index contributed by atoms with van der Waals surface area (Å²) in [5.74, 6) is -1.06. The Morgan fingerprint density at radius 3 is 2.54 bits per heavy atom. The summed E-state index contributed by atoms with van der Waals surface area (Å²) in [6.45, 7) is 2.45. The van der Waals surface area contributed by atoms with Crippen molar-refractivity contribution < 1.29 is 22.7 Å². The van der Waals surface area contributed by atoms with Crippen LogP contribution in [0.4, 0.5) is 19.0 Å². The van der Waals surface area contributed by atoms with Gasteiger partial charge in [0.25, 0.3) is 5.82 Å². The maximum absolute atomic E-state index is 12.9. The molecule has 3 heterocycles. The minimum absolute atomic E-state index is 0.0374. The van der Waals surface area contributed by atoms with Crippen molar-refractivity contribution in [3.8, 4) is 0 Å². The average molecular weight is 344 g/mol. The van der Waals surface area contributed by atoms with Crippen LogP contribution in [0.15, 0.2) is 12.1 Å². The predicted octanol–water partition coefficient (Wildman–Crippen LogP) is 0.438. The number of rotatable bonds is 3. The highest BCUT2D eigenvalue weighted by atomic mass is 19.4. The number of carbonyl (C=O) groups is 1. The van der Waals surface area contributed by atoms with E-state index in [0.717, 1.165) is 0 Å². The van der Waals surface area contributed by atoms with Crippen LogP contribution in [0.1, 0.15) is 5.82 Å². The van der Waals surface area contributed by atoms with E-state index in [2.05, 4.69) is 20.0 Å². The molecular weight excluding hydrogens is 329 g/mol. The Kier molecular flexibility index (Phi) is 4.26. The zero-order valence-electron chi connectivity index (χ0n) is 12.8. The molecule has 11 heteroatoms. The van der Waals surface area contributed by atoms with E-state index in [1.807, 2.05) is 9.80 Å². The lowest BCUT2D eigenvalue weighted by molar-refractivity contribution is -0.146. The van der Waals surface area contributed by atoms with Crippen molar-refractivity contribution >= 4 is 17.4 Å². The molecule has 2 aromatic heterocycles. The molecular formula is C13H15F3N6O2. The van der Waals surface area contributed by atoms with Gasteiger partial charge < -0.3 is 9.64 Å². The van der Waals surface area contributed by atoms with E-state index in [0.29, 0.717) is 36.5 Å². The monoisotopic (exact) mass is 344 g/mol. The number of piperazine rings is 1. The second kappa shape index (κ2) is 6.23. The molecule has 1 fully saturated rings. The molecule has 0 unspecified atom stereocenters. The van der Waals surface area contributed by atoms with Crippen molar-refractivity contribution in [2.24, 2.45) is 0 Å². The average Bonchev–Trinajstić information content (AvgIpc) is 2.98. The lowest BCUT2D eigenvalue weighted by Gasteiger charge is -2.34. The standard InChI is InChI=1S/C13H15F3N6O2/c1-24-11(23)8-20-4-6-21(7-5-20)10-3-2-9-17-18-12(13(14,15)16)22(9)19-10/h2-3H,4-8H2,1H3. The van der Waals surface area contributed by atoms with Crippen LogP contribution in [0.2, 0.25) is 0 Å². The second-order valence-corrected chi connectivity index (χ2v) is 5.32. The van der Waals surface area contributed by atoms with Crippen LogP contribution < -0.4 is 4.90 Å². The molecule has 0 aliphatic carbocycles. The van der Waals surface area contributed by atoms with Crippen molar-refractivity contribution in [1.29, 1.82) is 0 Å². The highest BCUT2D eigenvalue weighted by molar-refractivity contribution is 5.71. The van der Waals surface area contributed by atoms with Crippen molar-refractivity contribution in [3.63, 3.8) is 0 Å². The third-order valence-electron chi connectivity index (χ3n) is 3.78. The molecule has 2 aromatic rings. The first kappa shape index (κ1) is 16.4. The number of alkyl halides is 3. The van der Waals surface area contributed by atoms with E-state index in [1.165, 1.54) is 13.2 Å². The Hall–Kier alpha value is -2.43. The summed E-state index contributed by atoms with van der Waals surface area (Å²) in [5, 5.41) is 10.6. The zero-order valence-corrected chi connectivity index (χ0v) is 12.8. The van der Waals surface area contributed by atoms with E-state index in [9.17, 15) is 18.0 Å². The SMILES string of the molecule is COC(=O)CN1CCN(c2ccc3nnc(C(F)(F)F)n3n2)CC1. The van der Waals surface area contributed by atoms with Gasteiger partial charge >= 0.3 is 12.1 Å². The van der Waals surface area contributed by atoms with Crippen LogP contribution in [-0.4, -0.2) is 70.5 Å². The fraction of sp³-hybridized carbons (Fsp3) is 0.538. The second-order valence-electron chi connectivity index (χ2n) is 5.32. The number of fused-ring (bicyclic) bond motifs is 1. The summed E-state index contributed by atoms with van der Waals surface area (Å²) in [4.78, 5) is 15.0. The van der Waals surface area contributed by atoms with Gasteiger partial charge in [0, 0.05) is 26.2 Å². The number of methoxy groups -OCH3 is 1. The summed E-state index contributed by atoms with van der Waals surface area (Å²) in [7, 11) is 1.33. The van der Waals surface area contributed by atoms with Gasteiger partial charge in [0.15, 0.2) is 5.65 Å². The topological polar surface area (TPSA) is 75.9 Å². The van der Waals surface area contributed by atoms with Gasteiger partial charge in [0.05, 0.1) is 13.7 Å². The van der Waals surface area contributed by atoms with E-state index in [1.54, 1.807) is 6.07 Å². The van der Waals surface area contributed by atoms with E-state index in [4.69, 9.17) is 0 Å². The highest BCUT2D eigenvalue weighted by Gasteiger charge is 2.37. The first-order valence-electron chi connectivity index (χ1n) is 7.22. The van der Waals surface area contributed by atoms with Crippen molar-refractivity contribution in [1.82, 2.24) is 24.7 Å². The van der Waals surface area contributed by atoms with E-state index >= 15 is 0 Å². The third kappa shape index (κ3) is 3.25. The first-order valence-corrected chi connectivity index (χ1v) is 7.22. The number of nitrogens with zero attached hydrogens (tertiary/aromatic N) is 6. The number of halogens is 3. The summed E-state index contributed by atoms with van der Waals surface area (Å²) in [5.41, 5.74) is 0.0374. The Balaban J connectivity index is 1.75. The van der Waals surface area contributed by atoms with E-state index in [-0.39, 0.29) is 18.2 Å². The molecule has 0 radical (unpaired) electrons. The Bertz CT molecular complexity index is 739. The quantitative estimate of drug-likeness (QED) is 0.748. The molecule has 130 valence electrons. The highest BCUT2D eigenvalue weighted by Crippen LogP contribution is 2.28. The summed E-state index contributed by atoms with van der Waals surface area (Å²) in [6, 6.07) is 3.06. The molecule has 1 saturated heterocycles. The molecule has 0 atom stereocenters. The lowest BCUT2D eigenvalue weighted by Crippen LogP contribution is -2.48. The third-order valence-corrected chi connectivity index (χ3v) is 3.78. The van der Waals surface area contributed by atoms with Gasteiger partial charge in [-0.3, -0.25) is 9.69 Å². The molecule has 0 spiro atoms. The molecule has 24 heavy (non-hydrogen) atoms. The number of ether oxygens (including phenoxy) is 1. The molecule has 0 amide bonds. The summed E-state index contributed by atoms with van der Waals surface area (Å²) < 4.78 is 44.0. The normalized spacial score (nSPS) is 16.6. The number of esters is 1. The van der Waals surface area contributed by atoms with Crippen LogP contribution in [0.5, 0.6) is 0 Å². The van der Waals surface area contributed by atoms with Crippen LogP contribution in [0.3, 0.4) is 0 Å². The molecule has 0 saturated carbocycles. The molecule has 1 aliphatic rings. The predicted molar refractivity (Wildman–Crippen MR) is 76.5 cm³/mol. The van der Waals surface area contributed by atoms with Gasteiger partial charge in [-0.25, -0.2) is 0 Å². The fourth-order valence-electron chi connectivity index (χ4n) is 2.51. The number of anilines is 1. The Morgan fingerprint density at radius 2 is 1.92 bits per heavy atom. The fourth-order valence-corrected chi connectivity index (χ4v) is 2.51. The van der Waals surface area contributed by atoms with Gasteiger partial charge in [-0.2, -0.15) is 17.7 Å². The molecule has 0 aromatic carbocycles. The Labute approximate surface area is 134 Å². The maximum atomic E-state index is 12.9. The van der Waals surface area contributed by atoms with Crippen LogP contribution >= 0.6 is 0 Å². The van der Waals surface area contributed by atoms with Gasteiger partial charge in [0.1, 0.15) is 5.82 Å². The van der Waals surface area contributed by atoms with Gasteiger partial charge in [0.2, 0.25) is 0 Å². The van der Waals surface area contributed by atoms with Gasteiger partial charge in [-0.1, -0.05) is 0 Å².